The fourth-order valence-electron chi connectivity index (χ4n) is 3.98. The number of halogens is 1. The Kier molecular flexibility index (Phi) is 5.25. The van der Waals surface area contributed by atoms with Crippen molar-refractivity contribution < 1.29 is 9.18 Å². The Morgan fingerprint density at radius 2 is 1.93 bits per heavy atom. The highest BCUT2D eigenvalue weighted by atomic mass is 19.1. The summed E-state index contributed by atoms with van der Waals surface area (Å²) in [6.45, 7) is 5.35. The fraction of sp³-hybridized carbons (Fsp3) is 0.261. The van der Waals surface area contributed by atoms with Crippen molar-refractivity contribution >= 4 is 22.4 Å². The van der Waals surface area contributed by atoms with E-state index in [9.17, 15) is 14.0 Å². The van der Waals surface area contributed by atoms with Gasteiger partial charge in [0.05, 0.1) is 23.9 Å². The second-order valence-electron chi connectivity index (χ2n) is 7.34. The smallest absolute Gasteiger partial charge is 0.253 e. The first-order valence-electron chi connectivity index (χ1n) is 9.70. The first-order valence-corrected chi connectivity index (χ1v) is 9.70. The van der Waals surface area contributed by atoms with Gasteiger partial charge >= 0.3 is 0 Å². The van der Waals surface area contributed by atoms with Crippen LogP contribution in [0.1, 0.15) is 18.4 Å². The van der Waals surface area contributed by atoms with Crippen LogP contribution < -0.4 is 10.5 Å². The van der Waals surface area contributed by atoms with Crippen molar-refractivity contribution in [2.45, 2.75) is 19.4 Å². The molecule has 0 unspecified atom stereocenters. The van der Waals surface area contributed by atoms with Gasteiger partial charge in [-0.15, -0.1) is 0 Å². The summed E-state index contributed by atoms with van der Waals surface area (Å²) < 4.78 is 14.9. The zero-order chi connectivity index (χ0) is 20.4. The third-order valence-corrected chi connectivity index (χ3v) is 5.59. The number of benzene rings is 1. The molecule has 0 bridgehead atoms. The van der Waals surface area contributed by atoms with Gasteiger partial charge < -0.3 is 9.47 Å². The number of fused-ring (bicyclic) bond motifs is 1. The van der Waals surface area contributed by atoms with Crippen LogP contribution in [0, 0.1) is 11.7 Å². The van der Waals surface area contributed by atoms with E-state index in [2.05, 4.69) is 16.5 Å². The number of pyridine rings is 2. The third-order valence-electron chi connectivity index (χ3n) is 5.59. The Balaban J connectivity index is 1.69. The van der Waals surface area contributed by atoms with Gasteiger partial charge in [0.2, 0.25) is 0 Å². The number of carbonyl (C=O) groups is 1. The molecular weight excluding hydrogens is 369 g/mol. The number of allylic oxidation sites excluding steroid dienone is 1. The molecule has 0 aliphatic carbocycles. The summed E-state index contributed by atoms with van der Waals surface area (Å²) in [5.74, 6) is -0.203. The Morgan fingerprint density at radius 3 is 2.62 bits per heavy atom. The van der Waals surface area contributed by atoms with Gasteiger partial charge in [-0.05, 0) is 42.7 Å². The van der Waals surface area contributed by atoms with Crippen molar-refractivity contribution in [1.29, 1.82) is 0 Å². The minimum Gasteiger partial charge on any atom is -0.371 e. The number of nitrogens with zero attached hydrogens (tertiary/aromatic N) is 3. The van der Waals surface area contributed by atoms with Crippen molar-refractivity contribution in [1.82, 2.24) is 9.55 Å². The van der Waals surface area contributed by atoms with Gasteiger partial charge in [0.15, 0.2) is 5.78 Å². The molecule has 1 saturated heterocycles. The molecule has 0 spiro atoms. The summed E-state index contributed by atoms with van der Waals surface area (Å²) in [6, 6.07) is 9.71. The second kappa shape index (κ2) is 7.99. The van der Waals surface area contributed by atoms with Crippen molar-refractivity contribution in [3.63, 3.8) is 0 Å². The lowest BCUT2D eigenvalue weighted by atomic mass is 9.92. The van der Waals surface area contributed by atoms with Crippen LogP contribution in [0.5, 0.6) is 0 Å². The van der Waals surface area contributed by atoms with Crippen LogP contribution in [0.15, 0.2) is 66.2 Å². The standard InChI is InChI=1S/C23H22FN3O2/c1-2-22(28)17-8-11-26(12-9-17)20-13-23(29)27(21-14-25-10-7-19(20)21)15-16-3-5-18(24)6-4-16/h2-7,10,13-14,17H,1,8-9,11-12,15H2. The maximum atomic E-state index is 13.2. The van der Waals surface area contributed by atoms with E-state index in [0.717, 1.165) is 35.0 Å². The summed E-state index contributed by atoms with van der Waals surface area (Å²) in [6.07, 6.45) is 6.30. The number of piperidine rings is 1. The summed E-state index contributed by atoms with van der Waals surface area (Å²) in [5, 5.41) is 0.940. The molecule has 1 fully saturated rings. The van der Waals surface area contributed by atoms with E-state index in [1.54, 1.807) is 35.2 Å². The minimum absolute atomic E-state index is 0.00975. The van der Waals surface area contributed by atoms with Crippen LogP contribution >= 0.6 is 0 Å². The number of carbonyl (C=O) groups excluding carboxylic acids is 1. The number of aromatic nitrogens is 2. The highest BCUT2D eigenvalue weighted by molar-refractivity contribution is 5.93. The van der Waals surface area contributed by atoms with Gasteiger partial charge in [-0.25, -0.2) is 4.39 Å². The van der Waals surface area contributed by atoms with Crippen LogP contribution in [0.4, 0.5) is 10.1 Å². The molecule has 1 aromatic carbocycles. The SMILES string of the molecule is C=CC(=O)C1CCN(c2cc(=O)n(Cc3ccc(F)cc3)c3cnccc23)CC1. The molecule has 3 heterocycles. The molecular formula is C23H22FN3O2. The molecule has 5 nitrogen and oxygen atoms in total. The van der Waals surface area contributed by atoms with Crippen LogP contribution in [0.3, 0.4) is 0 Å². The predicted molar refractivity (Wildman–Crippen MR) is 112 cm³/mol. The maximum Gasteiger partial charge on any atom is 0.253 e. The van der Waals surface area contributed by atoms with Gasteiger partial charge in [0, 0.05) is 36.7 Å². The summed E-state index contributed by atoms with van der Waals surface area (Å²) >= 11 is 0. The fourth-order valence-corrected chi connectivity index (χ4v) is 3.98. The molecule has 0 atom stereocenters. The van der Waals surface area contributed by atoms with Gasteiger partial charge in [0.1, 0.15) is 5.82 Å². The largest absolute Gasteiger partial charge is 0.371 e. The molecule has 0 N–H and O–H groups in total. The van der Waals surface area contributed by atoms with E-state index in [-0.39, 0.29) is 23.1 Å². The van der Waals surface area contributed by atoms with Crippen LogP contribution in [-0.4, -0.2) is 28.4 Å². The zero-order valence-electron chi connectivity index (χ0n) is 16.1. The molecule has 1 aliphatic heterocycles. The Labute approximate surface area is 168 Å². The quantitative estimate of drug-likeness (QED) is 0.624. The molecule has 0 saturated carbocycles. The normalized spacial score (nSPS) is 14.9. The Hall–Kier alpha value is -3.28. The molecule has 0 radical (unpaired) electrons. The average molecular weight is 391 g/mol. The van der Waals surface area contributed by atoms with E-state index in [0.29, 0.717) is 19.6 Å². The molecule has 6 heteroatoms. The van der Waals surface area contributed by atoms with Crippen molar-refractivity contribution in [2.24, 2.45) is 5.92 Å². The van der Waals surface area contributed by atoms with Crippen LogP contribution in [-0.2, 0) is 11.3 Å². The topological polar surface area (TPSA) is 55.2 Å². The van der Waals surface area contributed by atoms with Crippen LogP contribution in [0.2, 0.25) is 0 Å². The third kappa shape index (κ3) is 3.83. The predicted octanol–water partition coefficient (Wildman–Crippen LogP) is 3.56. The second-order valence-corrected chi connectivity index (χ2v) is 7.34. The van der Waals surface area contributed by atoms with E-state index in [1.807, 2.05) is 6.07 Å². The summed E-state index contributed by atoms with van der Waals surface area (Å²) in [5.41, 5.74) is 2.32. The van der Waals surface area contributed by atoms with E-state index >= 15 is 0 Å². The van der Waals surface area contributed by atoms with E-state index in [1.165, 1.54) is 18.2 Å². The number of anilines is 1. The molecule has 2 aromatic heterocycles. The molecule has 29 heavy (non-hydrogen) atoms. The molecule has 4 rings (SSSR count). The van der Waals surface area contributed by atoms with Gasteiger partial charge in [-0.2, -0.15) is 0 Å². The lowest BCUT2D eigenvalue weighted by Crippen LogP contribution is -2.37. The lowest BCUT2D eigenvalue weighted by Gasteiger charge is -2.33. The number of hydrogen-bond donors (Lipinski definition) is 0. The average Bonchev–Trinajstić information content (AvgIpc) is 2.76. The van der Waals surface area contributed by atoms with Gasteiger partial charge in [-0.3, -0.25) is 14.6 Å². The zero-order valence-corrected chi connectivity index (χ0v) is 16.1. The minimum atomic E-state index is -0.304. The van der Waals surface area contributed by atoms with Gasteiger partial charge in [-0.1, -0.05) is 18.7 Å². The Bertz CT molecular complexity index is 1110. The highest BCUT2D eigenvalue weighted by Gasteiger charge is 2.25. The van der Waals surface area contributed by atoms with Crippen LogP contribution in [0.25, 0.3) is 10.9 Å². The molecule has 1 aliphatic rings. The first kappa shape index (κ1) is 19.1. The number of rotatable bonds is 5. The van der Waals surface area contributed by atoms with Crippen molar-refractivity contribution in [3.05, 3.63) is 83.2 Å². The summed E-state index contributed by atoms with van der Waals surface area (Å²) in [4.78, 5) is 31.2. The highest BCUT2D eigenvalue weighted by Crippen LogP contribution is 2.29. The monoisotopic (exact) mass is 391 g/mol. The van der Waals surface area contributed by atoms with Crippen molar-refractivity contribution in [2.75, 3.05) is 18.0 Å². The number of ketones is 1. The van der Waals surface area contributed by atoms with Crippen molar-refractivity contribution in [3.8, 4) is 0 Å². The Morgan fingerprint density at radius 1 is 1.21 bits per heavy atom. The molecule has 3 aromatic rings. The van der Waals surface area contributed by atoms with Gasteiger partial charge in [0.25, 0.3) is 5.56 Å². The maximum absolute atomic E-state index is 13.2. The lowest BCUT2D eigenvalue weighted by molar-refractivity contribution is -0.118. The summed E-state index contributed by atoms with van der Waals surface area (Å²) in [7, 11) is 0. The van der Waals surface area contributed by atoms with E-state index in [4.69, 9.17) is 0 Å². The van der Waals surface area contributed by atoms with E-state index < -0.39 is 0 Å². The first-order chi connectivity index (χ1) is 14.1. The number of hydrogen-bond acceptors (Lipinski definition) is 4. The molecule has 148 valence electrons. The molecule has 0 amide bonds.